The molecule has 0 atom stereocenters. The summed E-state index contributed by atoms with van der Waals surface area (Å²) in [4.78, 5) is 14.6. The van der Waals surface area contributed by atoms with Gasteiger partial charge in [-0.1, -0.05) is 18.2 Å². The van der Waals surface area contributed by atoms with Crippen molar-refractivity contribution >= 4 is 17.8 Å². The van der Waals surface area contributed by atoms with Gasteiger partial charge in [0.05, 0.1) is 18.9 Å². The number of methoxy groups -OCH3 is 1. The van der Waals surface area contributed by atoms with Gasteiger partial charge in [-0.2, -0.15) is 5.10 Å². The Kier molecular flexibility index (Phi) is 5.33. The number of amides is 1. The number of benzene rings is 2. The molecular weight excluding hydrogens is 314 g/mol. The third kappa shape index (κ3) is 3.99. The van der Waals surface area contributed by atoms with Gasteiger partial charge in [0.1, 0.15) is 5.75 Å². The molecule has 0 bridgehead atoms. The standard InChI is InChI=1S/C20H23N3O2/c1-15-13-17(23-11-5-6-12-23)10-9-16(15)14-21-22-20(24)18-7-3-4-8-19(18)25-2/h3-4,7-10,13-14H,5-6,11-12H2,1-2H3,(H,22,24)/b21-14-. The summed E-state index contributed by atoms with van der Waals surface area (Å²) in [6.07, 6.45) is 4.20. The predicted octanol–water partition coefficient (Wildman–Crippen LogP) is 3.37. The van der Waals surface area contributed by atoms with Crippen molar-refractivity contribution in [3.05, 3.63) is 59.2 Å². The molecule has 5 heteroatoms. The van der Waals surface area contributed by atoms with Crippen molar-refractivity contribution in [2.75, 3.05) is 25.1 Å². The fourth-order valence-corrected chi connectivity index (χ4v) is 3.03. The van der Waals surface area contributed by atoms with Crippen LogP contribution >= 0.6 is 0 Å². The van der Waals surface area contributed by atoms with Crippen molar-refractivity contribution in [2.45, 2.75) is 19.8 Å². The lowest BCUT2D eigenvalue weighted by Gasteiger charge is -2.18. The number of anilines is 1. The van der Waals surface area contributed by atoms with E-state index in [4.69, 9.17) is 4.74 Å². The third-order valence-electron chi connectivity index (χ3n) is 4.45. The van der Waals surface area contributed by atoms with Gasteiger partial charge in [0.25, 0.3) is 5.91 Å². The second kappa shape index (κ2) is 7.83. The highest BCUT2D eigenvalue weighted by atomic mass is 16.5. The summed E-state index contributed by atoms with van der Waals surface area (Å²) in [6, 6.07) is 13.4. The Balaban J connectivity index is 1.66. The van der Waals surface area contributed by atoms with Crippen molar-refractivity contribution in [1.82, 2.24) is 5.43 Å². The average molecular weight is 337 g/mol. The lowest BCUT2D eigenvalue weighted by atomic mass is 10.1. The topological polar surface area (TPSA) is 53.9 Å². The van der Waals surface area contributed by atoms with Gasteiger partial charge in [0, 0.05) is 18.8 Å². The predicted molar refractivity (Wildman–Crippen MR) is 101 cm³/mol. The maximum atomic E-state index is 12.2. The zero-order valence-corrected chi connectivity index (χ0v) is 14.7. The number of rotatable bonds is 5. The molecule has 0 radical (unpaired) electrons. The first-order valence-electron chi connectivity index (χ1n) is 8.51. The van der Waals surface area contributed by atoms with Gasteiger partial charge in [-0.05, 0) is 55.2 Å². The van der Waals surface area contributed by atoms with Crippen LogP contribution in [0.1, 0.15) is 34.3 Å². The molecule has 1 N–H and O–H groups in total. The fraction of sp³-hybridized carbons (Fsp3) is 0.300. The van der Waals surface area contributed by atoms with Gasteiger partial charge in [-0.25, -0.2) is 5.43 Å². The Morgan fingerprint density at radius 2 is 1.96 bits per heavy atom. The molecule has 130 valence electrons. The molecule has 0 unspecified atom stereocenters. The molecule has 0 saturated carbocycles. The number of carbonyl (C=O) groups excluding carboxylic acids is 1. The second-order valence-electron chi connectivity index (χ2n) is 6.13. The van der Waals surface area contributed by atoms with Crippen LogP contribution in [-0.2, 0) is 0 Å². The largest absolute Gasteiger partial charge is 0.496 e. The molecule has 5 nitrogen and oxygen atoms in total. The number of para-hydroxylation sites is 1. The van der Waals surface area contributed by atoms with Gasteiger partial charge >= 0.3 is 0 Å². The van der Waals surface area contributed by atoms with Crippen LogP contribution in [0.3, 0.4) is 0 Å². The summed E-state index contributed by atoms with van der Waals surface area (Å²) < 4.78 is 5.19. The molecule has 3 rings (SSSR count). The zero-order valence-electron chi connectivity index (χ0n) is 14.7. The highest BCUT2D eigenvalue weighted by molar-refractivity contribution is 5.97. The van der Waals surface area contributed by atoms with Crippen LogP contribution in [-0.4, -0.2) is 32.3 Å². The fourth-order valence-electron chi connectivity index (χ4n) is 3.03. The third-order valence-corrected chi connectivity index (χ3v) is 4.45. The molecule has 0 spiro atoms. The molecule has 0 aliphatic carbocycles. The average Bonchev–Trinajstić information content (AvgIpc) is 3.17. The van der Waals surface area contributed by atoms with Gasteiger partial charge in [-0.15, -0.1) is 0 Å². The van der Waals surface area contributed by atoms with E-state index in [2.05, 4.69) is 34.5 Å². The molecule has 1 aliphatic heterocycles. The van der Waals surface area contributed by atoms with Crippen LogP contribution in [0, 0.1) is 6.92 Å². The molecule has 25 heavy (non-hydrogen) atoms. The molecule has 1 aliphatic rings. The first-order valence-corrected chi connectivity index (χ1v) is 8.51. The number of hydrogen-bond donors (Lipinski definition) is 1. The van der Waals surface area contributed by atoms with Crippen molar-refractivity contribution < 1.29 is 9.53 Å². The number of carbonyl (C=O) groups is 1. The normalized spacial score (nSPS) is 14.1. The number of nitrogens with zero attached hydrogens (tertiary/aromatic N) is 2. The van der Waals surface area contributed by atoms with E-state index in [0.29, 0.717) is 11.3 Å². The van der Waals surface area contributed by atoms with Crippen molar-refractivity contribution in [1.29, 1.82) is 0 Å². The maximum absolute atomic E-state index is 12.2. The van der Waals surface area contributed by atoms with E-state index < -0.39 is 0 Å². The molecule has 0 aromatic heterocycles. The van der Waals surface area contributed by atoms with Crippen molar-refractivity contribution in [3.63, 3.8) is 0 Å². The Morgan fingerprint density at radius 1 is 1.20 bits per heavy atom. The summed E-state index contributed by atoms with van der Waals surface area (Å²) in [5.41, 5.74) is 6.40. The molecule has 1 fully saturated rings. The Labute approximate surface area is 148 Å². The highest BCUT2D eigenvalue weighted by Gasteiger charge is 2.13. The van der Waals surface area contributed by atoms with E-state index >= 15 is 0 Å². The van der Waals surface area contributed by atoms with E-state index in [-0.39, 0.29) is 5.91 Å². The molecule has 2 aromatic carbocycles. The molecular formula is C20H23N3O2. The molecule has 1 heterocycles. The van der Waals surface area contributed by atoms with Gasteiger partial charge in [0.2, 0.25) is 0 Å². The van der Waals surface area contributed by atoms with E-state index in [1.165, 1.54) is 18.5 Å². The second-order valence-corrected chi connectivity index (χ2v) is 6.13. The minimum atomic E-state index is -0.292. The monoisotopic (exact) mass is 337 g/mol. The van der Waals surface area contributed by atoms with Crippen LogP contribution in [0.15, 0.2) is 47.6 Å². The van der Waals surface area contributed by atoms with Crippen LogP contribution in [0.4, 0.5) is 5.69 Å². The highest BCUT2D eigenvalue weighted by Crippen LogP contribution is 2.22. The van der Waals surface area contributed by atoms with Gasteiger partial charge in [-0.3, -0.25) is 4.79 Å². The van der Waals surface area contributed by atoms with Gasteiger partial charge in [0.15, 0.2) is 0 Å². The lowest BCUT2D eigenvalue weighted by Crippen LogP contribution is -2.19. The number of nitrogens with one attached hydrogen (secondary N) is 1. The summed E-state index contributed by atoms with van der Waals surface area (Å²) in [5.74, 6) is 0.237. The first kappa shape index (κ1) is 17.0. The van der Waals surface area contributed by atoms with E-state index in [0.717, 1.165) is 24.2 Å². The van der Waals surface area contributed by atoms with Gasteiger partial charge < -0.3 is 9.64 Å². The lowest BCUT2D eigenvalue weighted by molar-refractivity contribution is 0.0952. The number of hydrazone groups is 1. The Hall–Kier alpha value is -2.82. The number of hydrogen-bond acceptors (Lipinski definition) is 4. The first-order chi connectivity index (χ1) is 12.2. The molecule has 1 amide bonds. The van der Waals surface area contributed by atoms with Crippen LogP contribution in [0.2, 0.25) is 0 Å². The molecule has 1 saturated heterocycles. The Bertz CT molecular complexity index is 780. The zero-order chi connectivity index (χ0) is 17.6. The van der Waals surface area contributed by atoms with E-state index in [1.807, 2.05) is 12.1 Å². The van der Waals surface area contributed by atoms with E-state index in [9.17, 15) is 4.79 Å². The Morgan fingerprint density at radius 3 is 2.68 bits per heavy atom. The number of aryl methyl sites for hydroxylation is 1. The summed E-state index contributed by atoms with van der Waals surface area (Å²) in [7, 11) is 1.54. The quantitative estimate of drug-likeness (QED) is 0.672. The minimum absolute atomic E-state index is 0.292. The SMILES string of the molecule is COc1ccccc1C(=O)N/N=C\c1ccc(N2CCCC2)cc1C. The van der Waals surface area contributed by atoms with Crippen LogP contribution in [0.5, 0.6) is 5.75 Å². The summed E-state index contributed by atoms with van der Waals surface area (Å²) >= 11 is 0. The van der Waals surface area contributed by atoms with E-state index in [1.54, 1.807) is 31.5 Å². The molecule has 2 aromatic rings. The van der Waals surface area contributed by atoms with Crippen molar-refractivity contribution in [3.8, 4) is 5.75 Å². The summed E-state index contributed by atoms with van der Waals surface area (Å²) in [6.45, 7) is 4.31. The minimum Gasteiger partial charge on any atom is -0.496 e. The smallest absolute Gasteiger partial charge is 0.275 e. The maximum Gasteiger partial charge on any atom is 0.275 e. The van der Waals surface area contributed by atoms with Crippen molar-refractivity contribution in [2.24, 2.45) is 5.10 Å². The van der Waals surface area contributed by atoms with Crippen LogP contribution in [0.25, 0.3) is 0 Å². The van der Waals surface area contributed by atoms with Crippen LogP contribution < -0.4 is 15.1 Å². The summed E-state index contributed by atoms with van der Waals surface area (Å²) in [5, 5.41) is 4.09. The number of ether oxygens (including phenoxy) is 1.